The summed E-state index contributed by atoms with van der Waals surface area (Å²) < 4.78 is 2.17. The maximum atomic E-state index is 4.48. The van der Waals surface area contributed by atoms with E-state index in [0.29, 0.717) is 12.1 Å². The van der Waals surface area contributed by atoms with Gasteiger partial charge in [-0.15, -0.1) is 0 Å². The molecule has 1 aliphatic heterocycles. The minimum Gasteiger partial charge on any atom is -0.308 e. The van der Waals surface area contributed by atoms with Crippen molar-refractivity contribution in [3.05, 3.63) is 18.0 Å². The van der Waals surface area contributed by atoms with Gasteiger partial charge in [0.2, 0.25) is 0 Å². The first-order chi connectivity index (χ1) is 9.27. The molecule has 2 unspecified atom stereocenters. The molecule has 4 nitrogen and oxygen atoms in total. The quantitative estimate of drug-likeness (QED) is 0.865. The molecule has 5 heteroatoms. The fraction of sp³-hybridized carbons (Fsp3) is 0.786. The van der Waals surface area contributed by atoms with E-state index in [1.807, 2.05) is 6.20 Å². The van der Waals surface area contributed by atoms with Crippen LogP contribution in [0.1, 0.15) is 32.0 Å². The number of rotatable bonds is 6. The molecule has 1 aliphatic rings. The molecule has 0 radical (unpaired) electrons. The third-order valence-corrected chi connectivity index (χ3v) is 4.80. The number of likely N-dealkylation sites (N-methyl/N-ethyl adjacent to an activating group) is 2. The van der Waals surface area contributed by atoms with Gasteiger partial charge in [-0.2, -0.15) is 16.9 Å². The zero-order valence-corrected chi connectivity index (χ0v) is 13.1. The van der Waals surface area contributed by atoms with Crippen LogP contribution in [0.2, 0.25) is 0 Å². The summed E-state index contributed by atoms with van der Waals surface area (Å²) in [7, 11) is 2.25. The highest BCUT2D eigenvalue weighted by molar-refractivity contribution is 7.99. The monoisotopic (exact) mass is 282 g/mol. The van der Waals surface area contributed by atoms with Crippen LogP contribution in [0.15, 0.2) is 12.3 Å². The van der Waals surface area contributed by atoms with Crippen molar-refractivity contribution < 1.29 is 0 Å². The van der Waals surface area contributed by atoms with Gasteiger partial charge >= 0.3 is 0 Å². The van der Waals surface area contributed by atoms with Crippen molar-refractivity contribution in [2.75, 3.05) is 31.6 Å². The van der Waals surface area contributed by atoms with Crippen molar-refractivity contribution in [1.82, 2.24) is 20.0 Å². The number of nitrogens with zero attached hydrogens (tertiary/aromatic N) is 3. The van der Waals surface area contributed by atoms with E-state index in [9.17, 15) is 0 Å². The average molecular weight is 282 g/mol. The Kier molecular flexibility index (Phi) is 5.73. The lowest BCUT2D eigenvalue weighted by Gasteiger charge is -2.38. The van der Waals surface area contributed by atoms with Crippen molar-refractivity contribution in [2.45, 2.75) is 38.9 Å². The lowest BCUT2D eigenvalue weighted by Crippen LogP contribution is -2.48. The molecule has 1 aromatic heterocycles. The minimum absolute atomic E-state index is 0.386. The van der Waals surface area contributed by atoms with E-state index in [4.69, 9.17) is 0 Å². The molecule has 1 fully saturated rings. The van der Waals surface area contributed by atoms with Gasteiger partial charge in [0, 0.05) is 36.8 Å². The van der Waals surface area contributed by atoms with Crippen LogP contribution in [-0.4, -0.2) is 52.4 Å². The van der Waals surface area contributed by atoms with Crippen LogP contribution in [0.25, 0.3) is 0 Å². The molecule has 19 heavy (non-hydrogen) atoms. The van der Waals surface area contributed by atoms with Crippen LogP contribution in [0.3, 0.4) is 0 Å². The Morgan fingerprint density at radius 1 is 1.53 bits per heavy atom. The first kappa shape index (κ1) is 14.9. The predicted octanol–water partition coefficient (Wildman–Crippen LogP) is 1.99. The molecule has 2 atom stereocenters. The van der Waals surface area contributed by atoms with Crippen molar-refractivity contribution in [3.63, 3.8) is 0 Å². The van der Waals surface area contributed by atoms with Crippen LogP contribution in [0.5, 0.6) is 0 Å². The molecule has 1 N–H and O–H groups in total. The Morgan fingerprint density at radius 2 is 2.37 bits per heavy atom. The van der Waals surface area contributed by atoms with Gasteiger partial charge in [-0.05, 0) is 26.1 Å². The normalized spacial score (nSPS) is 22.6. The Bertz CT molecular complexity index is 379. The number of aryl methyl sites for hydroxylation is 1. The number of aromatic nitrogens is 2. The van der Waals surface area contributed by atoms with Gasteiger partial charge in [0.1, 0.15) is 0 Å². The third kappa shape index (κ3) is 3.52. The molecular formula is C14H26N4S. The first-order valence-electron chi connectivity index (χ1n) is 7.31. The Labute approximate surface area is 120 Å². The molecule has 0 spiro atoms. The van der Waals surface area contributed by atoms with E-state index < -0.39 is 0 Å². The van der Waals surface area contributed by atoms with Crippen LogP contribution >= 0.6 is 11.8 Å². The Balaban J connectivity index is 2.20. The van der Waals surface area contributed by atoms with E-state index >= 15 is 0 Å². The lowest BCUT2D eigenvalue weighted by molar-refractivity contribution is 0.210. The Hall–Kier alpha value is -0.520. The third-order valence-electron chi connectivity index (χ3n) is 3.76. The summed E-state index contributed by atoms with van der Waals surface area (Å²) in [4.78, 5) is 2.49. The molecule has 2 rings (SSSR count). The van der Waals surface area contributed by atoms with E-state index in [1.54, 1.807) is 0 Å². The van der Waals surface area contributed by atoms with Gasteiger partial charge in [0.05, 0.1) is 11.7 Å². The van der Waals surface area contributed by atoms with E-state index in [-0.39, 0.29) is 0 Å². The number of hydrogen-bond donors (Lipinski definition) is 1. The van der Waals surface area contributed by atoms with Crippen LogP contribution < -0.4 is 5.32 Å². The molecule has 0 bridgehead atoms. The number of nitrogens with one attached hydrogen (secondary N) is 1. The predicted molar refractivity (Wildman–Crippen MR) is 82.7 cm³/mol. The Morgan fingerprint density at radius 3 is 3.05 bits per heavy atom. The SMILES string of the molecule is CCCn1nccc1C(NCC)C1CSCCN1C. The topological polar surface area (TPSA) is 33.1 Å². The molecule has 1 aromatic rings. The van der Waals surface area contributed by atoms with Gasteiger partial charge in [-0.25, -0.2) is 0 Å². The summed E-state index contributed by atoms with van der Waals surface area (Å²) in [5, 5.41) is 8.15. The largest absolute Gasteiger partial charge is 0.308 e. The first-order valence-corrected chi connectivity index (χ1v) is 8.46. The highest BCUT2D eigenvalue weighted by Crippen LogP contribution is 2.26. The minimum atomic E-state index is 0.386. The molecule has 0 aromatic carbocycles. The molecule has 1 saturated heterocycles. The molecule has 0 amide bonds. The van der Waals surface area contributed by atoms with Gasteiger partial charge in [-0.1, -0.05) is 13.8 Å². The fourth-order valence-electron chi connectivity index (χ4n) is 2.72. The fourth-order valence-corrected chi connectivity index (χ4v) is 3.99. The highest BCUT2D eigenvalue weighted by Gasteiger charge is 2.30. The zero-order chi connectivity index (χ0) is 13.7. The van der Waals surface area contributed by atoms with Crippen LogP contribution in [0, 0.1) is 0 Å². The van der Waals surface area contributed by atoms with Gasteiger partial charge in [0.25, 0.3) is 0 Å². The van der Waals surface area contributed by atoms with Gasteiger partial charge < -0.3 is 5.32 Å². The van der Waals surface area contributed by atoms with Crippen LogP contribution in [0.4, 0.5) is 0 Å². The summed E-state index contributed by atoms with van der Waals surface area (Å²) >= 11 is 2.07. The molecule has 0 aliphatic carbocycles. The summed E-state index contributed by atoms with van der Waals surface area (Å²) in [5.41, 5.74) is 1.34. The van der Waals surface area contributed by atoms with Crippen molar-refractivity contribution in [2.24, 2.45) is 0 Å². The summed E-state index contributed by atoms with van der Waals surface area (Å²) in [6.45, 7) is 7.57. The van der Waals surface area contributed by atoms with Crippen molar-refractivity contribution in [1.29, 1.82) is 0 Å². The summed E-state index contributed by atoms with van der Waals surface area (Å²) in [5.74, 6) is 2.45. The smallest absolute Gasteiger partial charge is 0.0657 e. The number of hydrogen-bond acceptors (Lipinski definition) is 4. The molecule has 108 valence electrons. The summed E-state index contributed by atoms with van der Waals surface area (Å²) in [6, 6.07) is 3.12. The number of thioether (sulfide) groups is 1. The van der Waals surface area contributed by atoms with E-state index in [0.717, 1.165) is 19.5 Å². The van der Waals surface area contributed by atoms with Gasteiger partial charge in [0.15, 0.2) is 0 Å². The van der Waals surface area contributed by atoms with E-state index in [2.05, 4.69) is 58.7 Å². The lowest BCUT2D eigenvalue weighted by atomic mass is 10.0. The average Bonchev–Trinajstić information content (AvgIpc) is 2.86. The summed E-state index contributed by atoms with van der Waals surface area (Å²) in [6.07, 6.45) is 3.06. The molecular weight excluding hydrogens is 256 g/mol. The van der Waals surface area contributed by atoms with Crippen molar-refractivity contribution in [3.8, 4) is 0 Å². The van der Waals surface area contributed by atoms with Crippen molar-refractivity contribution >= 4 is 11.8 Å². The zero-order valence-electron chi connectivity index (χ0n) is 12.3. The second kappa shape index (κ2) is 7.31. The second-order valence-corrected chi connectivity index (χ2v) is 6.29. The molecule has 2 heterocycles. The highest BCUT2D eigenvalue weighted by atomic mass is 32.2. The standard InChI is InChI=1S/C14H26N4S/c1-4-8-18-12(6-7-16-18)14(15-5-2)13-11-19-10-9-17(13)3/h6-7,13-15H,4-5,8-11H2,1-3H3. The second-order valence-electron chi connectivity index (χ2n) is 5.14. The van der Waals surface area contributed by atoms with E-state index in [1.165, 1.54) is 23.7 Å². The van der Waals surface area contributed by atoms with Crippen LogP contribution in [-0.2, 0) is 6.54 Å². The maximum absolute atomic E-state index is 4.48. The molecule has 0 saturated carbocycles. The maximum Gasteiger partial charge on any atom is 0.0657 e. The van der Waals surface area contributed by atoms with Gasteiger partial charge in [-0.3, -0.25) is 9.58 Å².